The van der Waals surface area contributed by atoms with E-state index in [-0.39, 0.29) is 0 Å². The van der Waals surface area contributed by atoms with E-state index in [0.29, 0.717) is 5.56 Å². The first kappa shape index (κ1) is 10.4. The Labute approximate surface area is 82.9 Å². The molecule has 0 fully saturated rings. The summed E-state index contributed by atoms with van der Waals surface area (Å²) in [6, 6.07) is 5.31. The van der Waals surface area contributed by atoms with Crippen molar-refractivity contribution >= 4 is 11.7 Å². The fraction of sp³-hybridized carbons (Fsp3) is 0.273. The molecule has 0 aliphatic heterocycles. The number of primary amides is 1. The molecule has 1 aromatic rings. The third-order valence-electron chi connectivity index (χ3n) is 2.23. The van der Waals surface area contributed by atoms with Crippen molar-refractivity contribution < 1.29 is 9.59 Å². The van der Waals surface area contributed by atoms with Crippen molar-refractivity contribution in [2.24, 2.45) is 5.73 Å². The van der Waals surface area contributed by atoms with E-state index in [4.69, 9.17) is 5.73 Å². The van der Waals surface area contributed by atoms with Gasteiger partial charge < -0.3 is 5.73 Å². The van der Waals surface area contributed by atoms with Crippen LogP contribution in [0.25, 0.3) is 0 Å². The zero-order valence-electron chi connectivity index (χ0n) is 8.33. The van der Waals surface area contributed by atoms with E-state index in [2.05, 4.69) is 0 Å². The second-order valence-electron chi connectivity index (χ2n) is 3.15. The van der Waals surface area contributed by atoms with Crippen molar-refractivity contribution in [1.29, 1.82) is 0 Å². The van der Waals surface area contributed by atoms with Crippen molar-refractivity contribution in [2.45, 2.75) is 20.3 Å². The minimum absolute atomic E-state index is 0.431. The van der Waals surface area contributed by atoms with Gasteiger partial charge in [0.1, 0.15) is 0 Å². The molecule has 0 aliphatic rings. The van der Waals surface area contributed by atoms with Crippen LogP contribution >= 0.6 is 0 Å². The second-order valence-corrected chi connectivity index (χ2v) is 3.15. The molecule has 3 nitrogen and oxygen atoms in total. The third kappa shape index (κ3) is 1.82. The highest BCUT2D eigenvalue weighted by molar-refractivity contribution is 6.42. The summed E-state index contributed by atoms with van der Waals surface area (Å²) >= 11 is 0. The van der Waals surface area contributed by atoms with Crippen LogP contribution < -0.4 is 5.73 Å². The fourth-order valence-corrected chi connectivity index (χ4v) is 1.52. The van der Waals surface area contributed by atoms with E-state index in [1.54, 1.807) is 12.1 Å². The lowest BCUT2D eigenvalue weighted by Gasteiger charge is -2.07. The number of Topliss-reactive ketones (excluding diaryl/α,β-unsaturated/α-hetero) is 1. The molecule has 74 valence electrons. The van der Waals surface area contributed by atoms with E-state index in [1.807, 2.05) is 19.9 Å². The smallest absolute Gasteiger partial charge is 0.289 e. The van der Waals surface area contributed by atoms with E-state index in [9.17, 15) is 9.59 Å². The predicted molar refractivity (Wildman–Crippen MR) is 54.1 cm³/mol. The Balaban J connectivity index is 3.27. The quantitative estimate of drug-likeness (QED) is 0.577. The lowest BCUT2D eigenvalue weighted by molar-refractivity contribution is -0.114. The average molecular weight is 191 g/mol. The number of ketones is 1. The minimum atomic E-state index is -0.898. The fourth-order valence-electron chi connectivity index (χ4n) is 1.52. The lowest BCUT2D eigenvalue weighted by Crippen LogP contribution is -2.24. The number of hydrogen-bond donors (Lipinski definition) is 1. The van der Waals surface area contributed by atoms with Gasteiger partial charge in [-0.3, -0.25) is 9.59 Å². The Hall–Kier alpha value is -1.64. The molecule has 0 saturated heterocycles. The van der Waals surface area contributed by atoms with Crippen LogP contribution in [0.4, 0.5) is 0 Å². The number of rotatable bonds is 3. The van der Waals surface area contributed by atoms with Gasteiger partial charge in [-0.25, -0.2) is 0 Å². The number of amides is 1. The van der Waals surface area contributed by atoms with Crippen LogP contribution in [-0.2, 0) is 11.2 Å². The van der Waals surface area contributed by atoms with E-state index >= 15 is 0 Å². The minimum Gasteiger partial charge on any atom is -0.363 e. The Bertz CT molecular complexity index is 383. The maximum Gasteiger partial charge on any atom is 0.289 e. The Kier molecular flexibility index (Phi) is 3.02. The molecule has 2 N–H and O–H groups in total. The topological polar surface area (TPSA) is 60.2 Å². The number of carbonyl (C=O) groups is 2. The van der Waals surface area contributed by atoms with Gasteiger partial charge in [0.2, 0.25) is 5.78 Å². The summed E-state index contributed by atoms with van der Waals surface area (Å²) in [6.45, 7) is 3.86. The van der Waals surface area contributed by atoms with Gasteiger partial charge in [-0.2, -0.15) is 0 Å². The standard InChI is InChI=1S/C11H13NO2/c1-3-8-7(2)5-4-6-9(8)10(13)11(12)14/h4-6H,3H2,1-2H3,(H2,12,14). The number of carbonyl (C=O) groups excluding carboxylic acids is 2. The highest BCUT2D eigenvalue weighted by Crippen LogP contribution is 2.15. The van der Waals surface area contributed by atoms with Gasteiger partial charge >= 0.3 is 0 Å². The zero-order valence-corrected chi connectivity index (χ0v) is 8.33. The number of hydrogen-bond acceptors (Lipinski definition) is 2. The highest BCUT2D eigenvalue weighted by atomic mass is 16.2. The van der Waals surface area contributed by atoms with E-state index in [0.717, 1.165) is 17.5 Å². The van der Waals surface area contributed by atoms with Crippen molar-refractivity contribution in [1.82, 2.24) is 0 Å². The lowest BCUT2D eigenvalue weighted by atomic mass is 9.97. The van der Waals surface area contributed by atoms with Crippen LogP contribution in [0.15, 0.2) is 18.2 Å². The molecule has 0 spiro atoms. The van der Waals surface area contributed by atoms with Crippen LogP contribution in [0.5, 0.6) is 0 Å². The van der Waals surface area contributed by atoms with Crippen LogP contribution in [0.3, 0.4) is 0 Å². The molecule has 0 saturated carbocycles. The molecule has 0 atom stereocenters. The highest BCUT2D eigenvalue weighted by Gasteiger charge is 2.16. The van der Waals surface area contributed by atoms with Crippen molar-refractivity contribution in [3.05, 3.63) is 34.9 Å². The normalized spacial score (nSPS) is 9.86. The van der Waals surface area contributed by atoms with Gasteiger partial charge in [0.25, 0.3) is 5.91 Å². The monoisotopic (exact) mass is 191 g/mol. The average Bonchev–Trinajstić information content (AvgIpc) is 2.16. The van der Waals surface area contributed by atoms with Crippen molar-refractivity contribution in [2.75, 3.05) is 0 Å². The molecule has 1 amide bonds. The summed E-state index contributed by atoms with van der Waals surface area (Å²) in [7, 11) is 0. The van der Waals surface area contributed by atoms with Crippen molar-refractivity contribution in [3.8, 4) is 0 Å². The molecule has 14 heavy (non-hydrogen) atoms. The van der Waals surface area contributed by atoms with Crippen molar-refractivity contribution in [3.63, 3.8) is 0 Å². The third-order valence-corrected chi connectivity index (χ3v) is 2.23. The van der Waals surface area contributed by atoms with Gasteiger partial charge in [0.05, 0.1) is 0 Å². The second kappa shape index (κ2) is 4.05. The number of nitrogens with two attached hydrogens (primary N) is 1. The molecule has 3 heteroatoms. The van der Waals surface area contributed by atoms with Crippen LogP contribution in [0.2, 0.25) is 0 Å². The maximum absolute atomic E-state index is 11.4. The molecule has 0 heterocycles. The van der Waals surface area contributed by atoms with Crippen LogP contribution in [0.1, 0.15) is 28.4 Å². The summed E-state index contributed by atoms with van der Waals surface area (Å²) in [5.74, 6) is -1.50. The SMILES string of the molecule is CCc1c(C)cccc1C(=O)C(N)=O. The van der Waals surface area contributed by atoms with Gasteiger partial charge in [0, 0.05) is 5.56 Å². The summed E-state index contributed by atoms with van der Waals surface area (Å²) in [5.41, 5.74) is 7.30. The van der Waals surface area contributed by atoms with Crippen LogP contribution in [0, 0.1) is 6.92 Å². The molecular formula is C11H13NO2. The first-order chi connectivity index (χ1) is 6.57. The summed E-state index contributed by atoms with van der Waals surface area (Å²) in [4.78, 5) is 22.2. The summed E-state index contributed by atoms with van der Waals surface area (Å²) in [5, 5.41) is 0. The van der Waals surface area contributed by atoms with Gasteiger partial charge in [-0.15, -0.1) is 0 Å². The molecule has 0 aromatic heterocycles. The van der Waals surface area contributed by atoms with E-state index in [1.165, 1.54) is 0 Å². The summed E-state index contributed by atoms with van der Waals surface area (Å²) in [6.07, 6.45) is 0.723. The zero-order chi connectivity index (χ0) is 10.7. The van der Waals surface area contributed by atoms with Crippen LogP contribution in [-0.4, -0.2) is 11.7 Å². The Morgan fingerprint density at radius 3 is 2.50 bits per heavy atom. The Morgan fingerprint density at radius 2 is 2.00 bits per heavy atom. The number of aryl methyl sites for hydroxylation is 1. The van der Waals surface area contributed by atoms with E-state index < -0.39 is 11.7 Å². The molecule has 0 unspecified atom stereocenters. The summed E-state index contributed by atoms with van der Waals surface area (Å²) < 4.78 is 0. The maximum atomic E-state index is 11.4. The first-order valence-electron chi connectivity index (χ1n) is 4.50. The molecule has 0 bridgehead atoms. The number of benzene rings is 1. The van der Waals surface area contributed by atoms with Gasteiger partial charge in [-0.1, -0.05) is 25.1 Å². The first-order valence-corrected chi connectivity index (χ1v) is 4.50. The molecule has 0 radical (unpaired) electrons. The molecule has 1 rings (SSSR count). The largest absolute Gasteiger partial charge is 0.363 e. The van der Waals surface area contributed by atoms with Gasteiger partial charge in [0.15, 0.2) is 0 Å². The molecular weight excluding hydrogens is 178 g/mol. The molecule has 0 aliphatic carbocycles. The predicted octanol–water partition coefficient (Wildman–Crippen LogP) is 1.23. The molecule has 1 aromatic carbocycles. The van der Waals surface area contributed by atoms with Gasteiger partial charge in [-0.05, 0) is 24.5 Å². The Morgan fingerprint density at radius 1 is 1.36 bits per heavy atom.